The lowest BCUT2D eigenvalue weighted by molar-refractivity contribution is -0.144. The van der Waals surface area contributed by atoms with Crippen molar-refractivity contribution in [2.75, 3.05) is 13.7 Å². The quantitative estimate of drug-likeness (QED) is 0.733. The van der Waals surface area contributed by atoms with Gasteiger partial charge < -0.3 is 20.1 Å². The minimum absolute atomic E-state index is 0.155. The summed E-state index contributed by atoms with van der Waals surface area (Å²) in [6, 6.07) is -0.108. The Balaban J connectivity index is 2.53. The van der Waals surface area contributed by atoms with E-state index in [0.29, 0.717) is 12.5 Å². The van der Waals surface area contributed by atoms with Crippen LogP contribution in [0.5, 0.6) is 0 Å². The average Bonchev–Trinajstić information content (AvgIpc) is 2.86. The zero-order valence-electron chi connectivity index (χ0n) is 15.3. The standard InChI is InChI=1S/C17H32N2O4/c1-11(2)14(15(20)22-6)19-13-9-7-8-12(13)10-18-16(21)23-17(3,4)5/h11-14,19H,7-10H2,1-6H3,(H,18,21)/t12?,13?,14-/m0/s1. The van der Waals surface area contributed by atoms with Crippen LogP contribution in [0.15, 0.2) is 0 Å². The summed E-state index contributed by atoms with van der Waals surface area (Å²) in [4.78, 5) is 23.7. The number of hydrogen-bond acceptors (Lipinski definition) is 5. The highest BCUT2D eigenvalue weighted by molar-refractivity contribution is 5.76. The fourth-order valence-corrected chi connectivity index (χ4v) is 2.92. The molecule has 0 aliphatic heterocycles. The first-order chi connectivity index (χ1) is 10.6. The maximum atomic E-state index is 11.9. The molecule has 23 heavy (non-hydrogen) atoms. The molecular formula is C17H32N2O4. The predicted molar refractivity (Wildman–Crippen MR) is 89.1 cm³/mol. The first kappa shape index (κ1) is 19.7. The van der Waals surface area contributed by atoms with E-state index in [1.165, 1.54) is 7.11 Å². The molecule has 0 spiro atoms. The van der Waals surface area contributed by atoms with E-state index in [-0.39, 0.29) is 24.0 Å². The van der Waals surface area contributed by atoms with E-state index in [2.05, 4.69) is 10.6 Å². The van der Waals surface area contributed by atoms with Crippen molar-refractivity contribution in [1.82, 2.24) is 10.6 Å². The first-order valence-electron chi connectivity index (χ1n) is 8.44. The molecule has 6 heteroatoms. The maximum absolute atomic E-state index is 11.9. The lowest BCUT2D eigenvalue weighted by Crippen LogP contribution is -2.50. The number of carbonyl (C=O) groups is 2. The second kappa shape index (κ2) is 8.52. The van der Waals surface area contributed by atoms with Crippen LogP contribution in [0.1, 0.15) is 53.9 Å². The highest BCUT2D eigenvalue weighted by atomic mass is 16.6. The highest BCUT2D eigenvalue weighted by Crippen LogP contribution is 2.26. The lowest BCUT2D eigenvalue weighted by atomic mass is 9.98. The van der Waals surface area contributed by atoms with Crippen LogP contribution in [0.2, 0.25) is 0 Å². The van der Waals surface area contributed by atoms with Crippen LogP contribution < -0.4 is 10.6 Å². The van der Waals surface area contributed by atoms with Crippen LogP contribution in [-0.4, -0.2) is 43.4 Å². The Bertz CT molecular complexity index is 404. The van der Waals surface area contributed by atoms with E-state index >= 15 is 0 Å². The summed E-state index contributed by atoms with van der Waals surface area (Å²) < 4.78 is 10.1. The van der Waals surface area contributed by atoms with E-state index in [1.54, 1.807) is 0 Å². The van der Waals surface area contributed by atoms with E-state index < -0.39 is 11.7 Å². The SMILES string of the molecule is COC(=O)[C@@H](NC1CCCC1CNC(=O)OC(C)(C)C)C(C)C. The van der Waals surface area contributed by atoms with Gasteiger partial charge >= 0.3 is 12.1 Å². The Morgan fingerprint density at radius 3 is 2.39 bits per heavy atom. The number of rotatable bonds is 6. The molecule has 1 aliphatic carbocycles. The summed E-state index contributed by atoms with van der Waals surface area (Å²) in [6.45, 7) is 10.1. The van der Waals surface area contributed by atoms with Gasteiger partial charge in [0, 0.05) is 12.6 Å². The van der Waals surface area contributed by atoms with Gasteiger partial charge in [-0.25, -0.2) is 4.79 Å². The van der Waals surface area contributed by atoms with Gasteiger partial charge in [0.2, 0.25) is 0 Å². The summed E-state index contributed by atoms with van der Waals surface area (Å²) in [7, 11) is 1.41. The molecule has 1 saturated carbocycles. The third kappa shape index (κ3) is 6.77. The normalized spacial score (nSPS) is 22.7. The summed E-state index contributed by atoms with van der Waals surface area (Å²) >= 11 is 0. The number of carbonyl (C=O) groups excluding carboxylic acids is 2. The summed E-state index contributed by atoms with van der Waals surface area (Å²) in [5, 5.41) is 6.26. The van der Waals surface area contributed by atoms with Crippen LogP contribution in [0.25, 0.3) is 0 Å². The number of nitrogens with one attached hydrogen (secondary N) is 2. The fourth-order valence-electron chi connectivity index (χ4n) is 2.92. The molecule has 1 aliphatic rings. The molecule has 0 aromatic rings. The van der Waals surface area contributed by atoms with Gasteiger partial charge in [-0.3, -0.25) is 4.79 Å². The molecule has 3 atom stereocenters. The van der Waals surface area contributed by atoms with Crippen molar-refractivity contribution in [3.63, 3.8) is 0 Å². The van der Waals surface area contributed by atoms with Crippen molar-refractivity contribution in [2.45, 2.75) is 71.6 Å². The topological polar surface area (TPSA) is 76.7 Å². The molecule has 0 bridgehead atoms. The number of alkyl carbamates (subject to hydrolysis) is 1. The van der Waals surface area contributed by atoms with E-state index in [1.807, 2.05) is 34.6 Å². The molecule has 0 saturated heterocycles. The molecule has 6 nitrogen and oxygen atoms in total. The van der Waals surface area contributed by atoms with Crippen molar-refractivity contribution < 1.29 is 19.1 Å². The summed E-state index contributed by atoms with van der Waals surface area (Å²) in [5.41, 5.74) is -0.495. The monoisotopic (exact) mass is 328 g/mol. The third-order valence-electron chi connectivity index (χ3n) is 4.08. The number of ether oxygens (including phenoxy) is 2. The molecule has 0 radical (unpaired) electrons. The Kier molecular flexibility index (Phi) is 7.32. The van der Waals surface area contributed by atoms with Gasteiger partial charge in [0.25, 0.3) is 0 Å². The summed E-state index contributed by atoms with van der Waals surface area (Å²) in [6.07, 6.45) is 2.72. The molecule has 1 fully saturated rings. The molecular weight excluding hydrogens is 296 g/mol. The van der Waals surface area contributed by atoms with Gasteiger partial charge in [-0.1, -0.05) is 20.3 Å². The minimum atomic E-state index is -0.495. The fraction of sp³-hybridized carbons (Fsp3) is 0.882. The summed E-state index contributed by atoms with van der Waals surface area (Å²) in [5.74, 6) is 0.224. The van der Waals surface area contributed by atoms with Gasteiger partial charge in [-0.05, 0) is 45.4 Å². The molecule has 0 heterocycles. The largest absolute Gasteiger partial charge is 0.468 e. The van der Waals surface area contributed by atoms with Crippen molar-refractivity contribution in [2.24, 2.45) is 11.8 Å². The minimum Gasteiger partial charge on any atom is -0.468 e. The predicted octanol–water partition coefficient (Wildman–Crippen LogP) is 2.47. The molecule has 2 unspecified atom stereocenters. The van der Waals surface area contributed by atoms with E-state index in [0.717, 1.165) is 19.3 Å². The number of amides is 1. The zero-order chi connectivity index (χ0) is 17.6. The second-order valence-electron chi connectivity index (χ2n) is 7.59. The van der Waals surface area contributed by atoms with E-state index in [9.17, 15) is 9.59 Å². The number of hydrogen-bond donors (Lipinski definition) is 2. The number of methoxy groups -OCH3 is 1. The van der Waals surface area contributed by atoms with Gasteiger partial charge in [-0.15, -0.1) is 0 Å². The zero-order valence-corrected chi connectivity index (χ0v) is 15.3. The Hall–Kier alpha value is -1.30. The maximum Gasteiger partial charge on any atom is 0.407 e. The highest BCUT2D eigenvalue weighted by Gasteiger charge is 2.33. The van der Waals surface area contributed by atoms with Crippen LogP contribution in [0.3, 0.4) is 0 Å². The average molecular weight is 328 g/mol. The smallest absolute Gasteiger partial charge is 0.407 e. The Labute approximate surface area is 139 Å². The van der Waals surface area contributed by atoms with Crippen molar-refractivity contribution in [3.8, 4) is 0 Å². The van der Waals surface area contributed by atoms with Crippen LogP contribution in [-0.2, 0) is 14.3 Å². The van der Waals surface area contributed by atoms with E-state index in [4.69, 9.17) is 9.47 Å². The van der Waals surface area contributed by atoms with Crippen molar-refractivity contribution in [3.05, 3.63) is 0 Å². The molecule has 0 aromatic heterocycles. The molecule has 1 rings (SSSR count). The molecule has 0 aromatic carbocycles. The molecule has 2 N–H and O–H groups in total. The van der Waals surface area contributed by atoms with Crippen LogP contribution >= 0.6 is 0 Å². The third-order valence-corrected chi connectivity index (χ3v) is 4.08. The lowest BCUT2D eigenvalue weighted by Gasteiger charge is -2.28. The van der Waals surface area contributed by atoms with Gasteiger partial charge in [0.1, 0.15) is 11.6 Å². The second-order valence-corrected chi connectivity index (χ2v) is 7.59. The molecule has 1 amide bonds. The van der Waals surface area contributed by atoms with Crippen molar-refractivity contribution in [1.29, 1.82) is 0 Å². The Morgan fingerprint density at radius 1 is 1.22 bits per heavy atom. The van der Waals surface area contributed by atoms with Crippen molar-refractivity contribution >= 4 is 12.1 Å². The van der Waals surface area contributed by atoms with Crippen LogP contribution in [0, 0.1) is 11.8 Å². The number of esters is 1. The molecule has 134 valence electrons. The Morgan fingerprint density at radius 2 is 1.87 bits per heavy atom. The van der Waals surface area contributed by atoms with Gasteiger partial charge in [0.05, 0.1) is 7.11 Å². The first-order valence-corrected chi connectivity index (χ1v) is 8.44. The van der Waals surface area contributed by atoms with Crippen LogP contribution in [0.4, 0.5) is 4.79 Å². The van der Waals surface area contributed by atoms with Gasteiger partial charge in [0.15, 0.2) is 0 Å². The van der Waals surface area contributed by atoms with Gasteiger partial charge in [-0.2, -0.15) is 0 Å².